The molecule has 11 nitrogen and oxygen atoms in total. The van der Waals surface area contributed by atoms with Crippen LogP contribution in [-0.2, 0) is 35.5 Å². The molecule has 2 atom stereocenters. The van der Waals surface area contributed by atoms with Crippen molar-refractivity contribution < 1.29 is 32.4 Å². The van der Waals surface area contributed by atoms with Crippen LogP contribution in [0, 0.1) is 10.1 Å². The van der Waals surface area contributed by atoms with Crippen LogP contribution in [0.5, 0.6) is 0 Å². The van der Waals surface area contributed by atoms with Crippen LogP contribution in [0.15, 0.2) is 71.6 Å². The molecule has 0 aromatic heterocycles. The van der Waals surface area contributed by atoms with Gasteiger partial charge in [-0.15, -0.1) is 0 Å². The topological polar surface area (TPSA) is 136 Å². The maximum atomic E-state index is 13.7. The minimum absolute atomic E-state index is 0.119. The number of ether oxygens (including phenoxy) is 2. The van der Waals surface area contributed by atoms with Gasteiger partial charge in [0.2, 0.25) is 5.91 Å². The van der Waals surface area contributed by atoms with Gasteiger partial charge in [-0.25, -0.2) is 13.2 Å². The third-order valence-corrected chi connectivity index (χ3v) is 8.50. The maximum absolute atomic E-state index is 13.7. The number of hydrogen-bond donors (Lipinski definition) is 0. The molecule has 38 heavy (non-hydrogen) atoms. The molecule has 3 aromatic rings. The number of nitro groups is 1. The Morgan fingerprint density at radius 2 is 1.74 bits per heavy atom. The Morgan fingerprint density at radius 1 is 1.05 bits per heavy atom. The van der Waals surface area contributed by atoms with E-state index in [2.05, 4.69) is 0 Å². The third-order valence-electron chi connectivity index (χ3n) is 6.54. The van der Waals surface area contributed by atoms with Gasteiger partial charge in [-0.3, -0.25) is 14.9 Å². The van der Waals surface area contributed by atoms with Crippen molar-refractivity contribution >= 4 is 38.4 Å². The van der Waals surface area contributed by atoms with E-state index in [4.69, 9.17) is 9.47 Å². The number of esters is 1. The van der Waals surface area contributed by atoms with E-state index in [-0.39, 0.29) is 26.1 Å². The normalized spacial score (nSPS) is 17.4. The number of nitrogens with zero attached hydrogens (tertiary/aromatic N) is 3. The van der Waals surface area contributed by atoms with Crippen molar-refractivity contribution in [3.8, 4) is 0 Å². The number of para-hydroxylation sites is 1. The summed E-state index contributed by atoms with van der Waals surface area (Å²) in [6.45, 7) is -0.620. The molecule has 0 radical (unpaired) electrons. The quantitative estimate of drug-likeness (QED) is 0.229. The number of fused-ring (bicyclic) bond motifs is 1. The zero-order chi connectivity index (χ0) is 27.4. The van der Waals surface area contributed by atoms with Gasteiger partial charge in [0.25, 0.3) is 15.7 Å². The molecule has 1 heterocycles. The van der Waals surface area contributed by atoms with Gasteiger partial charge in [-0.1, -0.05) is 54.6 Å². The van der Waals surface area contributed by atoms with Gasteiger partial charge in [-0.05, 0) is 22.4 Å². The first-order chi connectivity index (χ1) is 18.2. The lowest BCUT2D eigenvalue weighted by molar-refractivity contribution is -0.387. The van der Waals surface area contributed by atoms with Crippen molar-refractivity contribution in [2.24, 2.45) is 0 Å². The molecule has 1 fully saturated rings. The van der Waals surface area contributed by atoms with Gasteiger partial charge in [0.05, 0.1) is 18.6 Å². The average molecular weight is 542 g/mol. The zero-order valence-corrected chi connectivity index (χ0v) is 21.7. The first-order valence-corrected chi connectivity index (χ1v) is 13.2. The number of rotatable bonds is 9. The molecule has 1 aliphatic heterocycles. The summed E-state index contributed by atoms with van der Waals surface area (Å²) >= 11 is 0. The average Bonchev–Trinajstić information content (AvgIpc) is 2.92. The van der Waals surface area contributed by atoms with Crippen LogP contribution >= 0.6 is 0 Å². The largest absolute Gasteiger partial charge is 0.467 e. The number of methoxy groups -OCH3 is 2. The summed E-state index contributed by atoms with van der Waals surface area (Å²) in [6.07, 6.45) is 0.153. The Labute approximate surface area is 219 Å². The molecule has 0 spiro atoms. The van der Waals surface area contributed by atoms with E-state index in [1.807, 2.05) is 42.5 Å². The zero-order valence-electron chi connectivity index (χ0n) is 20.8. The van der Waals surface area contributed by atoms with Gasteiger partial charge >= 0.3 is 5.97 Å². The molecule has 12 heteroatoms. The molecule has 0 bridgehead atoms. The molecule has 1 aliphatic rings. The summed E-state index contributed by atoms with van der Waals surface area (Å²) in [4.78, 5) is 38.0. The molecule has 0 unspecified atom stereocenters. The fraction of sp³-hybridized carbons (Fsp3) is 0.308. The summed E-state index contributed by atoms with van der Waals surface area (Å²) in [5.41, 5.74) is 0.201. The summed E-state index contributed by atoms with van der Waals surface area (Å²) < 4.78 is 38.1. The SMILES string of the molecule is COC[C@H]1C(=O)N([C@@H](Cc2ccc3ccccc3c2)C(=O)OC)CCN1S(=O)(=O)c1ccccc1[N+](=O)[O-]. The van der Waals surface area contributed by atoms with Crippen LogP contribution in [0.25, 0.3) is 10.8 Å². The van der Waals surface area contributed by atoms with E-state index in [0.717, 1.165) is 32.8 Å². The minimum atomic E-state index is -4.45. The van der Waals surface area contributed by atoms with Gasteiger partial charge in [0.15, 0.2) is 4.90 Å². The Balaban J connectivity index is 1.67. The van der Waals surface area contributed by atoms with E-state index in [0.29, 0.717) is 0 Å². The molecule has 0 aliphatic carbocycles. The van der Waals surface area contributed by atoms with Crippen LogP contribution in [0.3, 0.4) is 0 Å². The molecular formula is C26H27N3O8S. The predicted octanol–water partition coefficient (Wildman–Crippen LogP) is 2.38. The molecular weight excluding hydrogens is 514 g/mol. The first-order valence-electron chi connectivity index (χ1n) is 11.8. The Hall–Kier alpha value is -3.87. The van der Waals surface area contributed by atoms with Gasteiger partial charge in [0.1, 0.15) is 12.1 Å². The first kappa shape index (κ1) is 27.2. The fourth-order valence-electron chi connectivity index (χ4n) is 4.69. The van der Waals surface area contributed by atoms with Gasteiger partial charge < -0.3 is 14.4 Å². The second kappa shape index (κ2) is 11.3. The minimum Gasteiger partial charge on any atom is -0.467 e. The van der Waals surface area contributed by atoms with Gasteiger partial charge in [0, 0.05) is 32.7 Å². The van der Waals surface area contributed by atoms with E-state index in [1.54, 1.807) is 0 Å². The van der Waals surface area contributed by atoms with Crippen LogP contribution in [0.4, 0.5) is 5.69 Å². The van der Waals surface area contributed by atoms with Crippen molar-refractivity contribution in [1.82, 2.24) is 9.21 Å². The van der Waals surface area contributed by atoms with Crippen LogP contribution in [0.1, 0.15) is 5.56 Å². The molecule has 3 aromatic carbocycles. The highest BCUT2D eigenvalue weighted by Gasteiger charge is 2.46. The number of benzene rings is 3. The molecule has 4 rings (SSSR count). The number of carbonyl (C=O) groups is 2. The highest BCUT2D eigenvalue weighted by Crippen LogP contribution is 2.30. The lowest BCUT2D eigenvalue weighted by atomic mass is 9.99. The number of carbonyl (C=O) groups excluding carboxylic acids is 2. The lowest BCUT2D eigenvalue weighted by Gasteiger charge is -2.41. The summed E-state index contributed by atoms with van der Waals surface area (Å²) in [5.74, 6) is -1.30. The van der Waals surface area contributed by atoms with E-state index >= 15 is 0 Å². The van der Waals surface area contributed by atoms with Crippen molar-refractivity contribution in [2.75, 3.05) is 33.9 Å². The third kappa shape index (κ3) is 5.23. The standard InChI is InChI=1S/C26H27N3O8S/c1-36-17-23-25(30)27(13-14-28(23)38(34,35)24-10-6-5-9-21(24)29(32)33)22(26(31)37-2)16-18-11-12-19-7-3-4-8-20(19)15-18/h3-12,15,22-23H,13-14,16-17H2,1-2H3/t22-,23-/m0/s1. The van der Waals surface area contributed by atoms with Crippen LogP contribution in [0.2, 0.25) is 0 Å². The molecule has 0 saturated carbocycles. The van der Waals surface area contributed by atoms with E-state index < -0.39 is 49.5 Å². The second-order valence-electron chi connectivity index (χ2n) is 8.77. The Morgan fingerprint density at radius 3 is 2.42 bits per heavy atom. The highest BCUT2D eigenvalue weighted by molar-refractivity contribution is 7.89. The summed E-state index contributed by atoms with van der Waals surface area (Å²) in [5, 5.41) is 13.5. The van der Waals surface area contributed by atoms with Crippen molar-refractivity contribution in [2.45, 2.75) is 23.4 Å². The number of hydrogen-bond acceptors (Lipinski definition) is 8. The molecule has 0 N–H and O–H groups in total. The van der Waals surface area contributed by atoms with Crippen molar-refractivity contribution in [3.63, 3.8) is 0 Å². The second-order valence-corrected chi connectivity index (χ2v) is 10.6. The number of nitro benzene ring substituents is 1. The van der Waals surface area contributed by atoms with E-state index in [1.165, 1.54) is 31.3 Å². The predicted molar refractivity (Wildman–Crippen MR) is 138 cm³/mol. The van der Waals surface area contributed by atoms with E-state index in [9.17, 15) is 28.1 Å². The van der Waals surface area contributed by atoms with Crippen LogP contribution < -0.4 is 0 Å². The lowest BCUT2D eigenvalue weighted by Crippen LogP contribution is -2.63. The summed E-state index contributed by atoms with van der Waals surface area (Å²) in [6, 6.07) is 16.1. The number of amides is 1. The fourth-order valence-corrected chi connectivity index (χ4v) is 6.41. The Kier molecular flexibility index (Phi) is 8.05. The summed E-state index contributed by atoms with van der Waals surface area (Å²) in [7, 11) is -1.91. The number of sulfonamides is 1. The molecule has 1 saturated heterocycles. The highest BCUT2D eigenvalue weighted by atomic mass is 32.2. The number of piperazine rings is 1. The molecule has 200 valence electrons. The van der Waals surface area contributed by atoms with Crippen LogP contribution in [-0.4, -0.2) is 80.4 Å². The van der Waals surface area contributed by atoms with Gasteiger partial charge in [-0.2, -0.15) is 4.31 Å². The molecule has 1 amide bonds. The van der Waals surface area contributed by atoms with Crippen molar-refractivity contribution in [1.29, 1.82) is 0 Å². The smallest absolute Gasteiger partial charge is 0.328 e. The Bertz CT molecular complexity index is 1480. The van der Waals surface area contributed by atoms with Crippen molar-refractivity contribution in [3.05, 3.63) is 82.4 Å². The monoisotopic (exact) mass is 541 g/mol. The maximum Gasteiger partial charge on any atom is 0.328 e.